The van der Waals surface area contributed by atoms with Crippen molar-refractivity contribution in [2.45, 2.75) is 0 Å². The van der Waals surface area contributed by atoms with Gasteiger partial charge in [0, 0.05) is 0 Å². The van der Waals surface area contributed by atoms with E-state index in [2.05, 4.69) is 0 Å². The molecule has 0 aromatic carbocycles. The molecule has 0 N–H and O–H groups in total. The van der Waals surface area contributed by atoms with Crippen molar-refractivity contribution in [3.63, 3.8) is 0 Å². The smallest absolute Gasteiger partial charge is 1.00 e. The first-order valence-electron chi connectivity index (χ1n) is 7.21. The maximum atomic E-state index is 8.58. The van der Waals surface area contributed by atoms with Crippen LogP contribution in [0, 0.1) is 184 Å². The summed E-state index contributed by atoms with van der Waals surface area (Å²) >= 11 is 0. The fraction of sp³-hybridized carbons (Fsp3) is 0. The number of nitrogens with zero attached hydrogens (tertiary/aromatic N) is 18. The molecule has 46 heavy (non-hydrogen) atoms. The summed E-state index contributed by atoms with van der Waals surface area (Å²) in [6.45, 7) is 0. The van der Waals surface area contributed by atoms with Crippen LogP contribution < -0.4 is 37.2 Å². The van der Waals surface area contributed by atoms with E-state index in [4.69, 9.17) is 94.7 Å². The van der Waals surface area contributed by atoms with E-state index in [-0.39, 0.29) is 105 Å². The zero-order valence-electron chi connectivity index (χ0n) is 20.7. The minimum absolute atomic E-state index is 0. The van der Waals surface area contributed by atoms with Gasteiger partial charge in [0.25, 0.3) is 0 Å². The summed E-state index contributed by atoms with van der Waals surface area (Å²) in [4.78, 5) is 18.6. The van der Waals surface area contributed by atoms with Crippen LogP contribution in [0.25, 0.3) is 0 Å². The zero-order valence-corrected chi connectivity index (χ0v) is 30.7. The van der Waals surface area contributed by atoms with Crippen LogP contribution in [-0.2, 0) is 100 Å². The van der Waals surface area contributed by atoms with Gasteiger partial charge in [0.2, 0.25) is 0 Å². The van der Waals surface area contributed by atoms with E-state index >= 15 is 0 Å². The van der Waals surface area contributed by atoms with Gasteiger partial charge in [-0.3, -0.25) is 0 Å². The van der Waals surface area contributed by atoms with Crippen molar-refractivity contribution in [1.82, 2.24) is 0 Å². The normalized spacial score (nSPS) is 11.3. The van der Waals surface area contributed by atoms with Gasteiger partial charge in [-0.05, 0) is 0 Å². The fourth-order valence-electron chi connectivity index (χ4n) is 0.795. The predicted octanol–water partition coefficient (Wildman–Crippen LogP) is -8.70. The molecule has 0 saturated carbocycles. The van der Waals surface area contributed by atoms with Gasteiger partial charge in [0.15, 0.2) is 0 Å². The number of halogens is 3. The van der Waals surface area contributed by atoms with Crippen molar-refractivity contribution in [1.29, 1.82) is 94.7 Å². The van der Waals surface area contributed by atoms with Crippen LogP contribution in [0.5, 0.6) is 0 Å². The van der Waals surface area contributed by atoms with Crippen LogP contribution in [0.1, 0.15) is 0 Å². The van der Waals surface area contributed by atoms with E-state index in [0.717, 1.165) is 89.4 Å². The summed E-state index contributed by atoms with van der Waals surface area (Å²) in [5, 5.41) is 154. The Hall–Kier alpha value is -4.67. The molecule has 0 aromatic rings. The first-order valence-corrected chi connectivity index (χ1v) is 17.1. The molecule has 0 fully saturated rings. The molecule has 0 unspecified atom stereocenters. The second-order valence-electron chi connectivity index (χ2n) is 5.40. The van der Waals surface area contributed by atoms with Crippen LogP contribution in [0.4, 0.5) is 0 Å². The largest absolute Gasteiger partial charge is 3.00 e. The number of hydrogen-bond donors (Lipinski definition) is 0. The van der Waals surface area contributed by atoms with E-state index in [1.54, 1.807) is 0 Å². The minimum Gasteiger partial charge on any atom is -1.00 e. The van der Waals surface area contributed by atoms with Crippen molar-refractivity contribution >= 4 is 0 Å². The van der Waals surface area contributed by atoms with E-state index in [0.29, 0.717) is 0 Å². The Labute approximate surface area is 318 Å². The third-order valence-electron chi connectivity index (χ3n) is 3.56. The SMILES string of the molecule is N#[C][Fe-3]([C]#N)([C]#N)([C]#N)([C]#N)[C]#N.N#[C][Fe-3]([C]#N)([C]#N)([C]#N)([C]#N)[C]#N.N#[C][Fe-3]([C]#N)([C]#N)([C]#N)([C]#N)[C]#N.[Cl-].[Cl-].[Cl-].[Fe+3].[Fe+3].[Fe+3].[Fe+3]. The molecule has 239 valence electrons. The van der Waals surface area contributed by atoms with Gasteiger partial charge in [-0.2, -0.15) is 0 Å². The summed E-state index contributed by atoms with van der Waals surface area (Å²) in [5.74, 6) is 0. The Morgan fingerprint density at radius 3 is 0.217 bits per heavy atom. The molecule has 28 heteroatoms. The van der Waals surface area contributed by atoms with Crippen LogP contribution >= 0.6 is 0 Å². The summed E-state index contributed by atoms with van der Waals surface area (Å²) in [5.41, 5.74) is 0. The quantitative estimate of drug-likeness (QED) is 0.203. The van der Waals surface area contributed by atoms with Crippen molar-refractivity contribution in [3.05, 3.63) is 0 Å². The summed E-state index contributed by atoms with van der Waals surface area (Å²) in [6.07, 6.45) is 0. The molecule has 0 aromatic heterocycles. The molecule has 4 radical (unpaired) electrons. The monoisotopic (exact) mass is 965 g/mol. The van der Waals surface area contributed by atoms with Gasteiger partial charge in [-0.1, -0.05) is 0 Å². The Morgan fingerprint density at radius 1 is 0.174 bits per heavy atom. The molecule has 0 aliphatic heterocycles. The third-order valence-corrected chi connectivity index (χ3v) is 14.7. The summed E-state index contributed by atoms with van der Waals surface area (Å²) in [7, 11) is -18.5. The van der Waals surface area contributed by atoms with Crippen LogP contribution in [0.15, 0.2) is 0 Å². The molecule has 0 bridgehead atoms. The third kappa shape index (κ3) is 7.93. The molecule has 0 heterocycles. The first kappa shape index (κ1) is 68.5. The molecule has 0 aliphatic carbocycles. The standard InChI is InChI=1S/18CN.3ClH.7Fe/c18*1-2;;;;;;;;;;/h;;;;;;;;;;;;;;;;;;3*1H;;;;;;;/q;;;;;;;;;;;;;;;;;;;;;3*-3;4*+3/p-3. The number of hydrogen-bond acceptors (Lipinski definition) is 18. The van der Waals surface area contributed by atoms with Gasteiger partial charge in [-0.25, -0.2) is 0 Å². The Bertz CT molecular complexity index is 1430. The molecule has 0 spiro atoms. The first-order chi connectivity index (χ1) is 17.9. The molecule has 0 amide bonds. The van der Waals surface area contributed by atoms with Crippen molar-refractivity contribution in [2.24, 2.45) is 0 Å². The number of nitriles is 18. The second-order valence-corrected chi connectivity index (χ2v) is 22.3. The molecule has 0 rings (SSSR count). The maximum Gasteiger partial charge on any atom is 3.00 e. The van der Waals surface area contributed by atoms with Crippen molar-refractivity contribution < 1.29 is 138 Å². The van der Waals surface area contributed by atoms with Gasteiger partial charge in [0.05, 0.1) is 0 Å². The van der Waals surface area contributed by atoms with E-state index in [1.165, 1.54) is 0 Å². The molecule has 0 saturated heterocycles. The molecule has 0 aliphatic rings. The molecular formula is C18Cl3Fe7N18. The predicted molar refractivity (Wildman–Crippen MR) is 101 cm³/mol. The van der Waals surface area contributed by atoms with Crippen molar-refractivity contribution in [3.8, 4) is 89.4 Å². The average molecular weight is 966 g/mol. The Kier molecular flexibility index (Phi) is 27.3. The van der Waals surface area contributed by atoms with Crippen LogP contribution in [0.3, 0.4) is 0 Å². The van der Waals surface area contributed by atoms with E-state index < -0.39 is 32.2 Å². The second kappa shape index (κ2) is 18.3. The van der Waals surface area contributed by atoms with Gasteiger partial charge in [0.1, 0.15) is 0 Å². The van der Waals surface area contributed by atoms with Gasteiger partial charge < -0.3 is 37.2 Å². The van der Waals surface area contributed by atoms with Crippen molar-refractivity contribution in [2.75, 3.05) is 0 Å². The molecular weight excluding hydrogens is 966 g/mol. The minimum atomic E-state index is -6.17. The van der Waals surface area contributed by atoms with Gasteiger partial charge in [-0.15, -0.1) is 0 Å². The zero-order chi connectivity index (χ0) is 32.0. The summed E-state index contributed by atoms with van der Waals surface area (Å²) < 4.78 is 0. The van der Waals surface area contributed by atoms with Crippen LogP contribution in [0.2, 0.25) is 0 Å². The van der Waals surface area contributed by atoms with E-state index in [9.17, 15) is 0 Å². The summed E-state index contributed by atoms with van der Waals surface area (Å²) in [6, 6.07) is 0. The van der Waals surface area contributed by atoms with Crippen LogP contribution in [-0.4, -0.2) is 0 Å². The number of rotatable bonds is 0. The average Bonchev–Trinajstić information content (AvgIpc) is 3.06. The van der Waals surface area contributed by atoms with Gasteiger partial charge >= 0.3 is 285 Å². The topological polar surface area (TPSA) is 428 Å². The Morgan fingerprint density at radius 2 is 0.217 bits per heavy atom. The molecule has 18 nitrogen and oxygen atoms in total. The van der Waals surface area contributed by atoms with E-state index in [1.807, 2.05) is 0 Å². The molecule has 0 atom stereocenters. The maximum absolute atomic E-state index is 8.58. The fourth-order valence-corrected chi connectivity index (χ4v) is 3.28. The Balaban J connectivity index is -0.0000000491.